The Morgan fingerprint density at radius 3 is 2.39 bits per heavy atom. The Balaban J connectivity index is 2.51. The lowest BCUT2D eigenvalue weighted by Crippen LogP contribution is -2.34. The number of aromatic nitrogens is 1. The second-order valence-corrected chi connectivity index (χ2v) is 5.59. The summed E-state index contributed by atoms with van der Waals surface area (Å²) in [4.78, 5) is 4.20. The first-order valence-corrected chi connectivity index (χ1v) is 7.35. The van der Waals surface area contributed by atoms with Crippen molar-refractivity contribution in [1.82, 2.24) is 4.98 Å². The van der Waals surface area contributed by atoms with E-state index in [2.05, 4.69) is 4.98 Å². The maximum Gasteiger partial charge on any atom is 0.143 e. The number of rotatable bonds is 4. The first-order valence-electron chi connectivity index (χ1n) is 5.62. The quantitative estimate of drug-likeness (QED) is 0.911. The number of pyridine rings is 1. The lowest BCUT2D eigenvalue weighted by atomic mass is 9.92. The zero-order chi connectivity index (χ0) is 13.0. The Labute approximate surface area is 109 Å². The highest BCUT2D eigenvalue weighted by molar-refractivity contribution is 7.84. The fourth-order valence-electron chi connectivity index (χ4n) is 1.92. The van der Waals surface area contributed by atoms with Crippen LogP contribution in [0.15, 0.2) is 54.7 Å². The van der Waals surface area contributed by atoms with Gasteiger partial charge in [0.2, 0.25) is 0 Å². The number of hydrogen-bond donors (Lipinski definition) is 1. The molecule has 0 saturated heterocycles. The predicted octanol–water partition coefficient (Wildman–Crippen LogP) is 1.70. The maximum atomic E-state index is 11.5. The van der Waals surface area contributed by atoms with Crippen LogP contribution in [-0.2, 0) is 16.4 Å². The van der Waals surface area contributed by atoms with E-state index in [4.69, 9.17) is 0 Å². The van der Waals surface area contributed by atoms with Crippen molar-refractivity contribution in [1.29, 1.82) is 0 Å². The monoisotopic (exact) mass is 261 g/mol. The fraction of sp³-hybridized carbons (Fsp3) is 0.214. The van der Waals surface area contributed by atoms with Crippen molar-refractivity contribution in [2.75, 3.05) is 12.0 Å². The SMILES string of the molecule is C[S@@](=O)C[C@](O)(c1ccccc1)c1ccccn1. The molecule has 3 nitrogen and oxygen atoms in total. The van der Waals surface area contributed by atoms with Crippen molar-refractivity contribution >= 4 is 10.8 Å². The van der Waals surface area contributed by atoms with Gasteiger partial charge >= 0.3 is 0 Å². The molecule has 2 aromatic rings. The summed E-state index contributed by atoms with van der Waals surface area (Å²) in [6, 6.07) is 14.6. The Kier molecular flexibility index (Phi) is 3.89. The van der Waals surface area contributed by atoms with Crippen LogP contribution in [0.4, 0.5) is 0 Å². The number of benzene rings is 1. The van der Waals surface area contributed by atoms with E-state index in [9.17, 15) is 9.32 Å². The van der Waals surface area contributed by atoms with Gasteiger partial charge in [0, 0.05) is 23.3 Å². The lowest BCUT2D eigenvalue weighted by Gasteiger charge is -2.27. The molecule has 0 amide bonds. The highest BCUT2D eigenvalue weighted by atomic mass is 32.2. The van der Waals surface area contributed by atoms with Crippen LogP contribution >= 0.6 is 0 Å². The molecule has 94 valence electrons. The maximum absolute atomic E-state index is 11.5. The molecule has 0 fully saturated rings. The van der Waals surface area contributed by atoms with Crippen molar-refractivity contribution in [3.05, 3.63) is 66.0 Å². The Hall–Kier alpha value is -1.52. The van der Waals surface area contributed by atoms with Gasteiger partial charge in [0.1, 0.15) is 5.60 Å². The topological polar surface area (TPSA) is 50.2 Å². The van der Waals surface area contributed by atoms with E-state index in [-0.39, 0.29) is 5.75 Å². The number of nitrogens with zero attached hydrogens (tertiary/aromatic N) is 1. The molecule has 18 heavy (non-hydrogen) atoms. The molecule has 2 rings (SSSR count). The summed E-state index contributed by atoms with van der Waals surface area (Å²) in [6.45, 7) is 0. The molecule has 0 saturated carbocycles. The Morgan fingerprint density at radius 2 is 1.83 bits per heavy atom. The molecule has 1 aromatic carbocycles. The van der Waals surface area contributed by atoms with Crippen LogP contribution < -0.4 is 0 Å². The minimum atomic E-state index is -1.30. The van der Waals surface area contributed by atoms with Gasteiger partial charge in [0.05, 0.1) is 11.4 Å². The van der Waals surface area contributed by atoms with Gasteiger partial charge in [-0.1, -0.05) is 36.4 Å². The van der Waals surface area contributed by atoms with Gasteiger partial charge in [-0.3, -0.25) is 9.19 Å². The highest BCUT2D eigenvalue weighted by Gasteiger charge is 2.33. The average Bonchev–Trinajstić information content (AvgIpc) is 2.40. The van der Waals surface area contributed by atoms with Crippen LogP contribution in [0.5, 0.6) is 0 Å². The average molecular weight is 261 g/mol. The predicted molar refractivity (Wildman–Crippen MR) is 72.6 cm³/mol. The van der Waals surface area contributed by atoms with E-state index >= 15 is 0 Å². The highest BCUT2D eigenvalue weighted by Crippen LogP contribution is 2.28. The van der Waals surface area contributed by atoms with Crippen molar-refractivity contribution in [3.8, 4) is 0 Å². The Morgan fingerprint density at radius 1 is 1.17 bits per heavy atom. The summed E-state index contributed by atoms with van der Waals surface area (Å²) < 4.78 is 11.5. The third kappa shape index (κ3) is 2.66. The van der Waals surface area contributed by atoms with Gasteiger partial charge in [-0.15, -0.1) is 0 Å². The molecule has 2 atom stereocenters. The normalized spacial score (nSPS) is 15.9. The third-order valence-corrected chi connectivity index (χ3v) is 3.58. The molecule has 0 aliphatic carbocycles. The summed E-state index contributed by atoms with van der Waals surface area (Å²) in [7, 11) is -1.13. The molecule has 0 bridgehead atoms. The third-order valence-electron chi connectivity index (χ3n) is 2.75. The number of hydrogen-bond acceptors (Lipinski definition) is 3. The summed E-state index contributed by atoms with van der Waals surface area (Å²) >= 11 is 0. The summed E-state index contributed by atoms with van der Waals surface area (Å²) in [5, 5.41) is 10.9. The van der Waals surface area contributed by atoms with E-state index in [1.165, 1.54) is 0 Å². The smallest absolute Gasteiger partial charge is 0.143 e. The molecule has 0 aliphatic rings. The lowest BCUT2D eigenvalue weighted by molar-refractivity contribution is 0.102. The molecule has 1 heterocycles. The molecule has 0 unspecified atom stereocenters. The summed E-state index contributed by atoms with van der Waals surface area (Å²) in [5.74, 6) is 0.133. The molecule has 0 radical (unpaired) electrons. The molecule has 4 heteroatoms. The van der Waals surface area contributed by atoms with Crippen LogP contribution in [-0.4, -0.2) is 26.3 Å². The van der Waals surface area contributed by atoms with Gasteiger partial charge in [-0.2, -0.15) is 0 Å². The van der Waals surface area contributed by atoms with E-state index in [0.29, 0.717) is 11.3 Å². The van der Waals surface area contributed by atoms with Gasteiger partial charge in [-0.25, -0.2) is 0 Å². The molecule has 0 aliphatic heterocycles. The Bertz CT molecular complexity index is 489. The first kappa shape index (κ1) is 12.9. The molecular formula is C14H15NO2S. The van der Waals surface area contributed by atoms with Crippen LogP contribution in [0.25, 0.3) is 0 Å². The van der Waals surface area contributed by atoms with E-state index in [0.717, 1.165) is 0 Å². The van der Waals surface area contributed by atoms with Gasteiger partial charge in [0.15, 0.2) is 0 Å². The molecule has 1 aromatic heterocycles. The van der Waals surface area contributed by atoms with Crippen LogP contribution in [0.1, 0.15) is 11.3 Å². The van der Waals surface area contributed by atoms with Crippen molar-refractivity contribution < 1.29 is 9.32 Å². The van der Waals surface area contributed by atoms with E-state index in [1.807, 2.05) is 36.4 Å². The molecular weight excluding hydrogens is 246 g/mol. The van der Waals surface area contributed by atoms with Crippen molar-refractivity contribution in [2.45, 2.75) is 5.60 Å². The standard InChI is InChI=1S/C14H15NO2S/c1-18(17)11-14(16,12-7-3-2-4-8-12)13-9-5-6-10-15-13/h2-10,16H,11H2,1H3/t14-,18+/m0/s1. The molecule has 1 N–H and O–H groups in total. The fourth-order valence-corrected chi connectivity index (χ4v) is 2.82. The van der Waals surface area contributed by atoms with Crippen LogP contribution in [0.3, 0.4) is 0 Å². The van der Waals surface area contributed by atoms with Crippen molar-refractivity contribution in [3.63, 3.8) is 0 Å². The molecule has 0 spiro atoms. The first-order chi connectivity index (χ1) is 8.63. The second kappa shape index (κ2) is 5.42. The van der Waals surface area contributed by atoms with E-state index in [1.54, 1.807) is 24.6 Å². The summed E-state index contributed by atoms with van der Waals surface area (Å²) in [6.07, 6.45) is 3.21. The van der Waals surface area contributed by atoms with Crippen LogP contribution in [0.2, 0.25) is 0 Å². The zero-order valence-corrected chi connectivity index (χ0v) is 10.9. The minimum Gasteiger partial charge on any atom is -0.378 e. The largest absolute Gasteiger partial charge is 0.378 e. The van der Waals surface area contributed by atoms with Gasteiger partial charge in [0.25, 0.3) is 0 Å². The van der Waals surface area contributed by atoms with Gasteiger partial charge in [-0.05, 0) is 17.7 Å². The van der Waals surface area contributed by atoms with Crippen LogP contribution in [0, 0.1) is 0 Å². The zero-order valence-electron chi connectivity index (χ0n) is 10.1. The summed E-state index contributed by atoms with van der Waals surface area (Å²) in [5.41, 5.74) is -0.0763. The van der Waals surface area contributed by atoms with E-state index < -0.39 is 16.4 Å². The van der Waals surface area contributed by atoms with Crippen molar-refractivity contribution in [2.24, 2.45) is 0 Å². The minimum absolute atomic E-state index is 0.133. The van der Waals surface area contributed by atoms with Gasteiger partial charge < -0.3 is 5.11 Å². The number of aliphatic hydroxyl groups is 1. The second-order valence-electron chi connectivity index (χ2n) is 4.16.